The Balaban J connectivity index is 4.08. The minimum Gasteiger partial charge on any atom is -0.462 e. The maximum Gasteiger partial charge on any atom is 0.306 e. The quantitative estimate of drug-likeness (QED) is 0.0262. The predicted molar refractivity (Wildman–Crippen MR) is 293 cm³/mol. The summed E-state index contributed by atoms with van der Waals surface area (Å²) in [5, 5.41) is 0. The molecular weight excluding hydrogens is 841 g/mol. The minimum atomic E-state index is -0.768. The van der Waals surface area contributed by atoms with E-state index in [0.717, 1.165) is 64.2 Å². The van der Waals surface area contributed by atoms with E-state index >= 15 is 0 Å². The Morgan fingerprint density at radius 1 is 0.294 bits per heavy atom. The summed E-state index contributed by atoms with van der Waals surface area (Å²) < 4.78 is 16.8. The van der Waals surface area contributed by atoms with E-state index in [-0.39, 0.29) is 31.1 Å². The third-order valence-electron chi connectivity index (χ3n) is 13.4. The standard InChI is InChI=1S/C62H114O6/c1-4-7-10-13-16-18-20-22-24-26-28-29-30-31-32-33-35-36-38-40-42-44-46-49-52-55-61(64)67-58-59(57-66-60(63)54-51-48-15-12-9-6-3)68-62(65)56-53-50-47-45-43-41-39-37-34-27-25-23-21-19-17-14-11-8-5-2/h20,22-23,25-26,28,59H,4-19,21,24,27,29-58H2,1-3H3/b22-20-,25-23-,28-26-. The molecule has 0 aliphatic rings. The number of carbonyl (C=O) groups excluding carboxylic acids is 3. The number of allylic oxidation sites excluding steroid dienone is 6. The van der Waals surface area contributed by atoms with E-state index in [1.807, 2.05) is 0 Å². The lowest BCUT2D eigenvalue weighted by Crippen LogP contribution is -2.30. The zero-order valence-electron chi connectivity index (χ0n) is 45.6. The van der Waals surface area contributed by atoms with Crippen molar-refractivity contribution in [3.63, 3.8) is 0 Å². The summed E-state index contributed by atoms with van der Waals surface area (Å²) in [4.78, 5) is 37.9. The third kappa shape index (κ3) is 54.6. The highest BCUT2D eigenvalue weighted by Gasteiger charge is 2.19. The summed E-state index contributed by atoms with van der Waals surface area (Å²) in [6.07, 6.45) is 68.9. The van der Waals surface area contributed by atoms with Gasteiger partial charge in [0.2, 0.25) is 0 Å². The van der Waals surface area contributed by atoms with Crippen molar-refractivity contribution in [2.75, 3.05) is 13.2 Å². The van der Waals surface area contributed by atoms with Crippen LogP contribution in [0, 0.1) is 0 Å². The molecule has 0 saturated heterocycles. The van der Waals surface area contributed by atoms with Gasteiger partial charge < -0.3 is 14.2 Å². The number of hydrogen-bond donors (Lipinski definition) is 0. The van der Waals surface area contributed by atoms with E-state index < -0.39 is 6.10 Å². The molecule has 0 amide bonds. The number of carbonyl (C=O) groups is 3. The second-order valence-corrected chi connectivity index (χ2v) is 20.3. The van der Waals surface area contributed by atoms with Gasteiger partial charge in [-0.15, -0.1) is 0 Å². The SMILES string of the molecule is CCCCCCC/C=C\C/C=C\CCCCCCCCCCCCCCCC(=O)OCC(COC(=O)CCCCCCCC)OC(=O)CCCCCCCCCCC/C=C\CCCCCCCC. The van der Waals surface area contributed by atoms with Gasteiger partial charge in [-0.05, 0) is 77.0 Å². The van der Waals surface area contributed by atoms with Crippen molar-refractivity contribution in [3.8, 4) is 0 Å². The van der Waals surface area contributed by atoms with Crippen molar-refractivity contribution in [2.24, 2.45) is 0 Å². The van der Waals surface area contributed by atoms with Crippen molar-refractivity contribution in [2.45, 2.75) is 329 Å². The third-order valence-corrected chi connectivity index (χ3v) is 13.4. The first-order valence-corrected chi connectivity index (χ1v) is 30.0. The molecule has 0 bridgehead atoms. The molecule has 0 saturated carbocycles. The molecule has 0 rings (SSSR count). The topological polar surface area (TPSA) is 78.9 Å². The zero-order chi connectivity index (χ0) is 49.3. The van der Waals surface area contributed by atoms with E-state index in [1.165, 1.54) is 218 Å². The van der Waals surface area contributed by atoms with Crippen LogP contribution in [0.15, 0.2) is 36.5 Å². The molecule has 0 aromatic heterocycles. The highest BCUT2D eigenvalue weighted by molar-refractivity contribution is 5.71. The van der Waals surface area contributed by atoms with Gasteiger partial charge in [-0.25, -0.2) is 0 Å². The van der Waals surface area contributed by atoms with Crippen LogP contribution < -0.4 is 0 Å². The Morgan fingerprint density at radius 2 is 0.529 bits per heavy atom. The summed E-state index contributed by atoms with van der Waals surface area (Å²) in [6.45, 7) is 6.60. The van der Waals surface area contributed by atoms with Crippen LogP contribution in [0.4, 0.5) is 0 Å². The van der Waals surface area contributed by atoms with Gasteiger partial charge in [0.25, 0.3) is 0 Å². The Bertz CT molecular complexity index is 1140. The van der Waals surface area contributed by atoms with Gasteiger partial charge in [0.15, 0.2) is 6.10 Å². The van der Waals surface area contributed by atoms with Gasteiger partial charge in [0.05, 0.1) is 0 Å². The second kappa shape index (κ2) is 57.2. The lowest BCUT2D eigenvalue weighted by Gasteiger charge is -2.18. The van der Waals surface area contributed by atoms with Crippen LogP contribution in [0.5, 0.6) is 0 Å². The van der Waals surface area contributed by atoms with Crippen molar-refractivity contribution in [1.29, 1.82) is 0 Å². The fourth-order valence-corrected chi connectivity index (χ4v) is 8.82. The van der Waals surface area contributed by atoms with E-state index in [0.29, 0.717) is 19.3 Å². The molecule has 0 aromatic rings. The van der Waals surface area contributed by atoms with Crippen LogP contribution in [-0.4, -0.2) is 37.2 Å². The van der Waals surface area contributed by atoms with E-state index in [4.69, 9.17) is 14.2 Å². The fourth-order valence-electron chi connectivity index (χ4n) is 8.82. The lowest BCUT2D eigenvalue weighted by atomic mass is 10.0. The molecule has 68 heavy (non-hydrogen) atoms. The average Bonchev–Trinajstić information content (AvgIpc) is 3.34. The van der Waals surface area contributed by atoms with E-state index in [1.54, 1.807) is 0 Å². The summed E-state index contributed by atoms with van der Waals surface area (Å²) in [5.74, 6) is -0.867. The zero-order valence-corrected chi connectivity index (χ0v) is 45.6. The molecule has 0 heterocycles. The molecule has 0 aliphatic carbocycles. The highest BCUT2D eigenvalue weighted by atomic mass is 16.6. The summed E-state index contributed by atoms with van der Waals surface area (Å²) >= 11 is 0. The van der Waals surface area contributed by atoms with Crippen molar-refractivity contribution < 1.29 is 28.6 Å². The number of ether oxygens (including phenoxy) is 3. The monoisotopic (exact) mass is 955 g/mol. The fraction of sp³-hybridized carbons (Fsp3) is 0.855. The Morgan fingerprint density at radius 3 is 0.824 bits per heavy atom. The Hall–Kier alpha value is -2.37. The second-order valence-electron chi connectivity index (χ2n) is 20.3. The Kier molecular flexibility index (Phi) is 55.2. The average molecular weight is 956 g/mol. The Labute approximate surface area is 423 Å². The van der Waals surface area contributed by atoms with Gasteiger partial charge in [0.1, 0.15) is 13.2 Å². The predicted octanol–water partition coefficient (Wildman–Crippen LogP) is 20.0. The number of hydrogen-bond acceptors (Lipinski definition) is 6. The number of rotatable bonds is 55. The maximum absolute atomic E-state index is 12.8. The van der Waals surface area contributed by atoms with Gasteiger partial charge in [-0.1, -0.05) is 263 Å². The molecule has 6 heteroatoms. The molecule has 1 atom stereocenters. The largest absolute Gasteiger partial charge is 0.462 e. The molecule has 0 N–H and O–H groups in total. The summed E-state index contributed by atoms with van der Waals surface area (Å²) in [7, 11) is 0. The van der Waals surface area contributed by atoms with Crippen LogP contribution in [0.3, 0.4) is 0 Å². The molecule has 1 unspecified atom stereocenters. The van der Waals surface area contributed by atoms with E-state index in [2.05, 4.69) is 57.2 Å². The lowest BCUT2D eigenvalue weighted by molar-refractivity contribution is -0.167. The van der Waals surface area contributed by atoms with Crippen molar-refractivity contribution in [3.05, 3.63) is 36.5 Å². The summed E-state index contributed by atoms with van der Waals surface area (Å²) in [6, 6.07) is 0. The molecule has 0 fully saturated rings. The molecule has 6 nitrogen and oxygen atoms in total. The first-order chi connectivity index (χ1) is 33.5. The first-order valence-electron chi connectivity index (χ1n) is 30.0. The van der Waals surface area contributed by atoms with Crippen LogP contribution in [0.2, 0.25) is 0 Å². The molecule has 0 radical (unpaired) electrons. The normalized spacial score (nSPS) is 12.2. The van der Waals surface area contributed by atoms with Crippen LogP contribution in [0.1, 0.15) is 323 Å². The summed E-state index contributed by atoms with van der Waals surface area (Å²) in [5.41, 5.74) is 0. The molecule has 0 spiro atoms. The number of unbranched alkanes of at least 4 members (excludes halogenated alkanes) is 38. The van der Waals surface area contributed by atoms with Gasteiger partial charge in [0, 0.05) is 19.3 Å². The van der Waals surface area contributed by atoms with E-state index in [9.17, 15) is 14.4 Å². The van der Waals surface area contributed by atoms with Gasteiger partial charge in [-0.2, -0.15) is 0 Å². The molecule has 0 aliphatic heterocycles. The van der Waals surface area contributed by atoms with Gasteiger partial charge in [-0.3, -0.25) is 14.4 Å². The first kappa shape index (κ1) is 65.6. The number of esters is 3. The van der Waals surface area contributed by atoms with Crippen LogP contribution in [-0.2, 0) is 28.6 Å². The highest BCUT2D eigenvalue weighted by Crippen LogP contribution is 2.16. The minimum absolute atomic E-state index is 0.0703. The van der Waals surface area contributed by atoms with Crippen LogP contribution >= 0.6 is 0 Å². The van der Waals surface area contributed by atoms with Crippen LogP contribution in [0.25, 0.3) is 0 Å². The smallest absolute Gasteiger partial charge is 0.306 e. The maximum atomic E-state index is 12.8. The molecule has 0 aromatic carbocycles. The molecule has 398 valence electrons. The van der Waals surface area contributed by atoms with Gasteiger partial charge >= 0.3 is 17.9 Å². The van der Waals surface area contributed by atoms with Crippen molar-refractivity contribution in [1.82, 2.24) is 0 Å². The van der Waals surface area contributed by atoms with Crippen molar-refractivity contribution >= 4 is 17.9 Å². The molecular formula is C62H114O6.